The molecule has 3 N–H and O–H groups in total. The fourth-order valence-corrected chi connectivity index (χ4v) is 4.13. The number of amides is 1. The molecule has 0 saturated carbocycles. The molecule has 0 unspecified atom stereocenters. The van der Waals surface area contributed by atoms with Crippen molar-refractivity contribution < 1.29 is 14.6 Å². The molecule has 2 aromatic rings. The first-order chi connectivity index (χ1) is 13.9. The molecule has 0 spiro atoms. The largest absolute Gasteiger partial charge is 0.378 e. The molecule has 1 amide bonds. The summed E-state index contributed by atoms with van der Waals surface area (Å²) in [7, 11) is 6.39. The van der Waals surface area contributed by atoms with Crippen molar-refractivity contribution in [2.24, 2.45) is 0 Å². The van der Waals surface area contributed by atoms with Crippen molar-refractivity contribution in [3.63, 3.8) is 0 Å². The Hall–Kier alpha value is -2.37. The molecule has 0 aliphatic carbocycles. The highest BCUT2D eigenvalue weighted by Crippen LogP contribution is 2.16. The van der Waals surface area contributed by atoms with Crippen LogP contribution in [0.15, 0.2) is 48.5 Å². The summed E-state index contributed by atoms with van der Waals surface area (Å²) in [5.74, 6) is 0.102. The van der Waals surface area contributed by atoms with Crippen molar-refractivity contribution in [3.8, 4) is 0 Å². The minimum Gasteiger partial charge on any atom is -0.378 e. The molecule has 1 aliphatic heterocycles. The van der Waals surface area contributed by atoms with E-state index in [1.165, 1.54) is 29.9 Å². The lowest BCUT2D eigenvalue weighted by molar-refractivity contribution is -1.02. The summed E-state index contributed by atoms with van der Waals surface area (Å²) in [6.45, 7) is 7.38. The number of hydrogen-bond donors (Lipinski definition) is 3. The van der Waals surface area contributed by atoms with E-state index in [1.807, 2.05) is 12.1 Å². The molecule has 2 aromatic carbocycles. The molecule has 5 nitrogen and oxygen atoms in total. The number of carbonyl (C=O) groups excluding carboxylic acids is 1. The molecule has 0 bridgehead atoms. The van der Waals surface area contributed by atoms with E-state index in [0.29, 0.717) is 19.0 Å². The molecule has 1 saturated heterocycles. The maximum Gasteiger partial charge on any atom is 0.224 e. The van der Waals surface area contributed by atoms with Gasteiger partial charge in [-0.1, -0.05) is 42.0 Å². The van der Waals surface area contributed by atoms with Crippen molar-refractivity contribution in [1.29, 1.82) is 0 Å². The Labute approximate surface area is 175 Å². The molecular weight excluding hydrogens is 360 g/mol. The Balaban J connectivity index is 1.68. The predicted octanol–water partition coefficient (Wildman–Crippen LogP) is -0.126. The van der Waals surface area contributed by atoms with Gasteiger partial charge in [-0.15, -0.1) is 0 Å². The van der Waals surface area contributed by atoms with Gasteiger partial charge in [0, 0.05) is 25.3 Å². The van der Waals surface area contributed by atoms with E-state index < -0.39 is 0 Å². The average molecular weight is 397 g/mol. The van der Waals surface area contributed by atoms with Crippen LogP contribution in [0.1, 0.15) is 22.7 Å². The van der Waals surface area contributed by atoms with E-state index in [4.69, 9.17) is 0 Å². The van der Waals surface area contributed by atoms with Crippen LogP contribution >= 0.6 is 0 Å². The SMILES string of the molecule is Cc1cccc(CC(=O)NC[C@@H](c2ccc(N(C)C)cc2)[NH+]2CC[NH+](C)CC2)c1. The summed E-state index contributed by atoms with van der Waals surface area (Å²) in [5.41, 5.74) is 4.78. The first-order valence-electron chi connectivity index (χ1n) is 10.7. The zero-order valence-electron chi connectivity index (χ0n) is 18.3. The average Bonchev–Trinajstić information content (AvgIpc) is 2.70. The smallest absolute Gasteiger partial charge is 0.224 e. The van der Waals surface area contributed by atoms with Crippen molar-refractivity contribution in [1.82, 2.24) is 5.32 Å². The second-order valence-electron chi connectivity index (χ2n) is 8.62. The number of likely N-dealkylation sites (N-methyl/N-ethyl adjacent to an activating group) is 1. The summed E-state index contributed by atoms with van der Waals surface area (Å²) in [4.78, 5) is 17.9. The second-order valence-corrected chi connectivity index (χ2v) is 8.62. The Bertz CT molecular complexity index is 795. The van der Waals surface area contributed by atoms with Crippen LogP contribution in [0, 0.1) is 6.92 Å². The van der Waals surface area contributed by atoms with Crippen LogP contribution in [-0.4, -0.2) is 59.8 Å². The highest BCUT2D eigenvalue weighted by atomic mass is 16.1. The first-order valence-corrected chi connectivity index (χ1v) is 10.7. The lowest BCUT2D eigenvalue weighted by atomic mass is 10.0. The fraction of sp³-hybridized carbons (Fsp3) is 0.458. The van der Waals surface area contributed by atoms with Gasteiger partial charge in [-0.2, -0.15) is 0 Å². The van der Waals surface area contributed by atoms with Gasteiger partial charge in [-0.05, 0) is 24.6 Å². The van der Waals surface area contributed by atoms with E-state index in [-0.39, 0.29) is 5.91 Å². The molecule has 1 fully saturated rings. The molecule has 0 aromatic heterocycles. The molecular formula is C24H36N4O+2. The van der Waals surface area contributed by atoms with Gasteiger partial charge in [-0.3, -0.25) is 4.79 Å². The van der Waals surface area contributed by atoms with Gasteiger partial charge in [0.15, 0.2) is 0 Å². The van der Waals surface area contributed by atoms with Crippen molar-refractivity contribution in [3.05, 3.63) is 65.2 Å². The third-order valence-electron chi connectivity index (χ3n) is 6.00. The van der Waals surface area contributed by atoms with Gasteiger partial charge >= 0.3 is 0 Å². The van der Waals surface area contributed by atoms with E-state index in [9.17, 15) is 4.79 Å². The minimum absolute atomic E-state index is 0.102. The maximum atomic E-state index is 12.6. The molecule has 1 heterocycles. The number of quaternary nitrogens is 2. The maximum absolute atomic E-state index is 12.6. The van der Waals surface area contributed by atoms with Crippen LogP contribution < -0.4 is 20.0 Å². The van der Waals surface area contributed by atoms with Crippen LogP contribution in [0.5, 0.6) is 0 Å². The molecule has 5 heteroatoms. The summed E-state index contributed by atoms with van der Waals surface area (Å²) in [6.07, 6.45) is 0.441. The highest BCUT2D eigenvalue weighted by molar-refractivity contribution is 5.78. The van der Waals surface area contributed by atoms with Gasteiger partial charge in [0.05, 0.1) is 20.0 Å². The highest BCUT2D eigenvalue weighted by Gasteiger charge is 2.29. The summed E-state index contributed by atoms with van der Waals surface area (Å²) < 4.78 is 0. The summed E-state index contributed by atoms with van der Waals surface area (Å²) >= 11 is 0. The van der Waals surface area contributed by atoms with Crippen LogP contribution in [0.3, 0.4) is 0 Å². The number of nitrogens with one attached hydrogen (secondary N) is 3. The van der Waals surface area contributed by atoms with Gasteiger partial charge in [0.2, 0.25) is 5.91 Å². The third-order valence-corrected chi connectivity index (χ3v) is 6.00. The number of piperazine rings is 1. The Morgan fingerprint density at radius 2 is 1.76 bits per heavy atom. The number of nitrogens with zero attached hydrogens (tertiary/aromatic N) is 1. The lowest BCUT2D eigenvalue weighted by Gasteiger charge is -2.33. The van der Waals surface area contributed by atoms with Crippen molar-refractivity contribution >= 4 is 11.6 Å². The molecule has 29 heavy (non-hydrogen) atoms. The Morgan fingerprint density at radius 3 is 2.38 bits per heavy atom. The molecule has 1 atom stereocenters. The van der Waals surface area contributed by atoms with Gasteiger partial charge in [0.25, 0.3) is 0 Å². The number of hydrogen-bond acceptors (Lipinski definition) is 2. The third kappa shape index (κ3) is 6.05. The van der Waals surface area contributed by atoms with Gasteiger partial charge in [0.1, 0.15) is 32.2 Å². The van der Waals surface area contributed by atoms with Crippen LogP contribution in [0.25, 0.3) is 0 Å². The minimum atomic E-state index is 0.102. The van der Waals surface area contributed by atoms with Crippen LogP contribution in [-0.2, 0) is 11.2 Å². The molecule has 1 aliphatic rings. The van der Waals surface area contributed by atoms with E-state index in [0.717, 1.165) is 18.7 Å². The van der Waals surface area contributed by atoms with Crippen molar-refractivity contribution in [2.75, 3.05) is 58.8 Å². The molecule has 156 valence electrons. The second kappa shape index (κ2) is 9.90. The monoisotopic (exact) mass is 396 g/mol. The fourth-order valence-electron chi connectivity index (χ4n) is 4.13. The topological polar surface area (TPSA) is 41.2 Å². The first kappa shape index (κ1) is 21.3. The van der Waals surface area contributed by atoms with Crippen LogP contribution in [0.4, 0.5) is 5.69 Å². The summed E-state index contributed by atoms with van der Waals surface area (Å²) in [6, 6.07) is 17.3. The molecule has 0 radical (unpaired) electrons. The predicted molar refractivity (Wildman–Crippen MR) is 119 cm³/mol. The van der Waals surface area contributed by atoms with Gasteiger partial charge < -0.3 is 20.0 Å². The standard InChI is InChI=1S/C24H34N4O/c1-19-6-5-7-20(16-19)17-24(29)25-18-23(28-14-12-27(4)13-15-28)21-8-10-22(11-9-21)26(2)3/h5-11,16,23H,12-15,17-18H2,1-4H3,(H,25,29)/p+2/t23-/m0/s1. The number of anilines is 1. The summed E-state index contributed by atoms with van der Waals surface area (Å²) in [5, 5.41) is 3.22. The van der Waals surface area contributed by atoms with Gasteiger partial charge in [-0.25, -0.2) is 0 Å². The number of rotatable bonds is 7. The molecule has 3 rings (SSSR count). The Morgan fingerprint density at radius 1 is 1.07 bits per heavy atom. The number of aryl methyl sites for hydroxylation is 1. The normalized spacial score (nSPS) is 20.1. The quantitative estimate of drug-likeness (QED) is 0.611. The van der Waals surface area contributed by atoms with E-state index in [1.54, 1.807) is 9.80 Å². The van der Waals surface area contributed by atoms with E-state index in [2.05, 4.69) is 74.7 Å². The zero-order chi connectivity index (χ0) is 20.8. The number of carbonyl (C=O) groups is 1. The van der Waals surface area contributed by atoms with Crippen LogP contribution in [0.2, 0.25) is 0 Å². The lowest BCUT2D eigenvalue weighted by Crippen LogP contribution is -3.27. The van der Waals surface area contributed by atoms with Crippen molar-refractivity contribution in [2.45, 2.75) is 19.4 Å². The zero-order valence-corrected chi connectivity index (χ0v) is 18.3. The number of benzene rings is 2. The van der Waals surface area contributed by atoms with E-state index >= 15 is 0 Å². The Kier molecular flexibility index (Phi) is 7.29.